The summed E-state index contributed by atoms with van der Waals surface area (Å²) in [5, 5.41) is 0. The quantitative estimate of drug-likeness (QED) is 0.675. The molecule has 0 fully saturated rings. The van der Waals surface area contributed by atoms with E-state index in [4.69, 9.17) is 0 Å². The average Bonchev–Trinajstić information content (AvgIpc) is 2.66. The summed E-state index contributed by atoms with van der Waals surface area (Å²) in [6.07, 6.45) is 9.62. The Kier molecular flexibility index (Phi) is 2.77. The number of hydrogen-bond acceptors (Lipinski definition) is 0. The summed E-state index contributed by atoms with van der Waals surface area (Å²) in [6.45, 7) is 6.57. The SMILES string of the molecule is Cc1cc(C[C]2C=CC=C2)cc(C)c1C. The van der Waals surface area contributed by atoms with Gasteiger partial charge in [0, 0.05) is 5.92 Å². The summed E-state index contributed by atoms with van der Waals surface area (Å²) in [5.74, 6) is 1.40. The van der Waals surface area contributed by atoms with Gasteiger partial charge in [-0.25, -0.2) is 0 Å². The van der Waals surface area contributed by atoms with Crippen LogP contribution >= 0.6 is 0 Å². The molecule has 1 radical (unpaired) electrons. The minimum absolute atomic E-state index is 1.05. The van der Waals surface area contributed by atoms with Crippen LogP contribution < -0.4 is 0 Å². The molecule has 0 saturated heterocycles. The predicted octanol–water partition coefficient (Wildman–Crippen LogP) is 3.85. The Labute approximate surface area is 92.3 Å². The first-order valence-corrected chi connectivity index (χ1v) is 5.44. The van der Waals surface area contributed by atoms with E-state index in [1.165, 1.54) is 28.2 Å². The highest BCUT2D eigenvalue weighted by Crippen LogP contribution is 2.21. The van der Waals surface area contributed by atoms with Crippen LogP contribution in [-0.2, 0) is 6.42 Å². The predicted molar refractivity (Wildman–Crippen MR) is 65.9 cm³/mol. The molecule has 0 spiro atoms. The second-order valence-corrected chi connectivity index (χ2v) is 4.32. The van der Waals surface area contributed by atoms with Crippen molar-refractivity contribution in [3.8, 4) is 0 Å². The van der Waals surface area contributed by atoms with E-state index in [1.54, 1.807) is 0 Å². The van der Waals surface area contributed by atoms with Crippen LogP contribution in [0.25, 0.3) is 0 Å². The van der Waals surface area contributed by atoms with Gasteiger partial charge >= 0.3 is 0 Å². The molecule has 1 aliphatic rings. The maximum atomic E-state index is 2.30. The van der Waals surface area contributed by atoms with Gasteiger partial charge in [-0.2, -0.15) is 0 Å². The molecule has 0 nitrogen and oxygen atoms in total. The fourth-order valence-electron chi connectivity index (χ4n) is 1.99. The molecule has 15 heavy (non-hydrogen) atoms. The van der Waals surface area contributed by atoms with Crippen molar-refractivity contribution in [3.05, 3.63) is 64.6 Å². The Morgan fingerprint density at radius 3 is 1.93 bits per heavy atom. The maximum Gasteiger partial charge on any atom is 0.0237 e. The van der Waals surface area contributed by atoms with Crippen LogP contribution in [0.5, 0.6) is 0 Å². The van der Waals surface area contributed by atoms with E-state index in [0.29, 0.717) is 0 Å². The lowest BCUT2D eigenvalue weighted by Gasteiger charge is -2.10. The molecule has 0 heterocycles. The summed E-state index contributed by atoms with van der Waals surface area (Å²) < 4.78 is 0. The highest BCUT2D eigenvalue weighted by atomic mass is 14.1. The molecule has 0 unspecified atom stereocenters. The van der Waals surface area contributed by atoms with Gasteiger partial charge in [-0.1, -0.05) is 36.4 Å². The third-order valence-electron chi connectivity index (χ3n) is 3.13. The Morgan fingerprint density at radius 2 is 1.40 bits per heavy atom. The third-order valence-corrected chi connectivity index (χ3v) is 3.13. The number of benzene rings is 1. The normalized spacial score (nSPS) is 15.1. The molecule has 77 valence electrons. The Bertz CT molecular complexity index is 387. The standard InChI is InChI=1S/C15H17/c1-11-8-15(9-12(2)13(11)3)10-14-6-4-5-7-14/h4-9H,10H2,1-3H3. The minimum Gasteiger partial charge on any atom is -0.0730 e. The van der Waals surface area contributed by atoms with Crippen LogP contribution in [0.15, 0.2) is 36.4 Å². The van der Waals surface area contributed by atoms with Gasteiger partial charge in [-0.3, -0.25) is 0 Å². The zero-order chi connectivity index (χ0) is 10.8. The van der Waals surface area contributed by atoms with Crippen LogP contribution in [0.3, 0.4) is 0 Å². The molecule has 0 bridgehead atoms. The largest absolute Gasteiger partial charge is 0.0730 e. The van der Waals surface area contributed by atoms with Crippen molar-refractivity contribution in [2.75, 3.05) is 0 Å². The molecule has 1 aromatic rings. The van der Waals surface area contributed by atoms with E-state index in [0.717, 1.165) is 6.42 Å². The van der Waals surface area contributed by atoms with Crippen molar-refractivity contribution < 1.29 is 0 Å². The summed E-state index contributed by atoms with van der Waals surface area (Å²) >= 11 is 0. The van der Waals surface area contributed by atoms with E-state index in [2.05, 4.69) is 57.2 Å². The topological polar surface area (TPSA) is 0 Å². The highest BCUT2D eigenvalue weighted by molar-refractivity contribution is 5.42. The highest BCUT2D eigenvalue weighted by Gasteiger charge is 2.07. The molecule has 0 amide bonds. The molecular weight excluding hydrogens is 180 g/mol. The first-order chi connectivity index (χ1) is 7.16. The molecule has 0 N–H and O–H groups in total. The van der Waals surface area contributed by atoms with Crippen molar-refractivity contribution in [1.29, 1.82) is 0 Å². The monoisotopic (exact) mass is 197 g/mol. The van der Waals surface area contributed by atoms with E-state index in [-0.39, 0.29) is 0 Å². The number of allylic oxidation sites excluding steroid dienone is 4. The first kappa shape index (κ1) is 10.2. The van der Waals surface area contributed by atoms with Gasteiger partial charge in [-0.15, -0.1) is 0 Å². The molecule has 2 rings (SSSR count). The fourth-order valence-corrected chi connectivity index (χ4v) is 1.99. The Hall–Kier alpha value is -1.30. The summed E-state index contributed by atoms with van der Waals surface area (Å²) in [5.41, 5.74) is 5.64. The van der Waals surface area contributed by atoms with Crippen molar-refractivity contribution >= 4 is 0 Å². The van der Waals surface area contributed by atoms with Gasteiger partial charge in [0.25, 0.3) is 0 Å². The van der Waals surface area contributed by atoms with Crippen LogP contribution in [0.1, 0.15) is 22.3 Å². The van der Waals surface area contributed by atoms with Crippen molar-refractivity contribution in [2.24, 2.45) is 0 Å². The van der Waals surface area contributed by atoms with Gasteiger partial charge in [-0.05, 0) is 49.4 Å². The number of rotatable bonds is 2. The van der Waals surface area contributed by atoms with Crippen LogP contribution in [0.2, 0.25) is 0 Å². The second-order valence-electron chi connectivity index (χ2n) is 4.32. The lowest BCUT2D eigenvalue weighted by Crippen LogP contribution is -1.97. The van der Waals surface area contributed by atoms with Gasteiger partial charge in [0.15, 0.2) is 0 Å². The van der Waals surface area contributed by atoms with Gasteiger partial charge in [0.05, 0.1) is 0 Å². The average molecular weight is 197 g/mol. The van der Waals surface area contributed by atoms with Crippen molar-refractivity contribution in [1.82, 2.24) is 0 Å². The smallest absolute Gasteiger partial charge is 0.0237 e. The number of hydrogen-bond donors (Lipinski definition) is 0. The van der Waals surface area contributed by atoms with E-state index < -0.39 is 0 Å². The lowest BCUT2D eigenvalue weighted by atomic mass is 9.95. The molecule has 0 atom stereocenters. The first-order valence-electron chi connectivity index (χ1n) is 5.44. The third kappa shape index (κ3) is 2.20. The van der Waals surface area contributed by atoms with Crippen LogP contribution in [0, 0.1) is 26.7 Å². The maximum absolute atomic E-state index is 2.30. The second kappa shape index (κ2) is 4.06. The zero-order valence-corrected chi connectivity index (χ0v) is 9.67. The molecular formula is C15H17. The van der Waals surface area contributed by atoms with Crippen LogP contribution in [0.4, 0.5) is 0 Å². The fraction of sp³-hybridized carbons (Fsp3) is 0.267. The Morgan fingerprint density at radius 1 is 0.867 bits per heavy atom. The molecule has 0 aromatic heterocycles. The number of aryl methyl sites for hydroxylation is 2. The van der Waals surface area contributed by atoms with Crippen LogP contribution in [-0.4, -0.2) is 0 Å². The van der Waals surface area contributed by atoms with Crippen molar-refractivity contribution in [2.45, 2.75) is 27.2 Å². The van der Waals surface area contributed by atoms with E-state index >= 15 is 0 Å². The van der Waals surface area contributed by atoms with E-state index in [1.807, 2.05) is 0 Å². The van der Waals surface area contributed by atoms with Gasteiger partial charge < -0.3 is 0 Å². The van der Waals surface area contributed by atoms with Gasteiger partial charge in [0.1, 0.15) is 0 Å². The molecule has 1 aliphatic carbocycles. The zero-order valence-electron chi connectivity index (χ0n) is 9.67. The lowest BCUT2D eigenvalue weighted by molar-refractivity contribution is 1.08. The summed E-state index contributed by atoms with van der Waals surface area (Å²) in [4.78, 5) is 0. The minimum atomic E-state index is 1.05. The van der Waals surface area contributed by atoms with E-state index in [9.17, 15) is 0 Å². The molecule has 0 heteroatoms. The molecule has 0 aliphatic heterocycles. The Balaban J connectivity index is 2.22. The summed E-state index contributed by atoms with van der Waals surface area (Å²) in [6, 6.07) is 4.60. The summed E-state index contributed by atoms with van der Waals surface area (Å²) in [7, 11) is 0. The van der Waals surface area contributed by atoms with Crippen molar-refractivity contribution in [3.63, 3.8) is 0 Å². The molecule has 1 aromatic carbocycles. The molecule has 0 saturated carbocycles. The van der Waals surface area contributed by atoms with Gasteiger partial charge in [0.2, 0.25) is 0 Å².